The van der Waals surface area contributed by atoms with Gasteiger partial charge in [-0.15, -0.1) is 0 Å². The maximum atomic E-state index is 13.7. The molecule has 0 aliphatic carbocycles. The van der Waals surface area contributed by atoms with Crippen LogP contribution in [0.2, 0.25) is 0 Å². The summed E-state index contributed by atoms with van der Waals surface area (Å²) in [6.07, 6.45) is 0. The highest BCUT2D eigenvalue weighted by molar-refractivity contribution is 5.51. The van der Waals surface area contributed by atoms with Crippen LogP contribution in [-0.2, 0) is 6.54 Å². The summed E-state index contributed by atoms with van der Waals surface area (Å²) < 4.78 is 26.9. The SMILES string of the molecule is O=[N+]([O-])c1ccc(N2CCN(Cc3cc(F)ccc3F)CC2)cc1. The molecule has 0 amide bonds. The number of piperazine rings is 1. The van der Waals surface area contributed by atoms with E-state index >= 15 is 0 Å². The molecular formula is C17H17F2N3O2. The molecule has 2 aromatic rings. The third-order valence-corrected chi connectivity index (χ3v) is 4.20. The third kappa shape index (κ3) is 3.68. The van der Waals surface area contributed by atoms with E-state index in [1.807, 2.05) is 0 Å². The maximum absolute atomic E-state index is 13.7. The van der Waals surface area contributed by atoms with Gasteiger partial charge in [0.1, 0.15) is 11.6 Å². The van der Waals surface area contributed by atoms with Gasteiger partial charge in [0, 0.05) is 56.1 Å². The van der Waals surface area contributed by atoms with Gasteiger partial charge in [-0.1, -0.05) is 0 Å². The Hall–Kier alpha value is -2.54. The molecule has 24 heavy (non-hydrogen) atoms. The molecule has 0 N–H and O–H groups in total. The molecule has 3 rings (SSSR count). The van der Waals surface area contributed by atoms with Gasteiger partial charge >= 0.3 is 0 Å². The number of benzene rings is 2. The Morgan fingerprint density at radius 3 is 2.29 bits per heavy atom. The molecular weight excluding hydrogens is 316 g/mol. The van der Waals surface area contributed by atoms with Gasteiger partial charge in [0.15, 0.2) is 0 Å². The first-order valence-electron chi connectivity index (χ1n) is 7.68. The minimum absolute atomic E-state index is 0.0685. The fourth-order valence-corrected chi connectivity index (χ4v) is 2.85. The van der Waals surface area contributed by atoms with E-state index in [0.29, 0.717) is 25.2 Å². The van der Waals surface area contributed by atoms with E-state index in [0.717, 1.165) is 30.9 Å². The van der Waals surface area contributed by atoms with Crippen LogP contribution in [-0.4, -0.2) is 36.0 Å². The highest BCUT2D eigenvalue weighted by Crippen LogP contribution is 2.21. The van der Waals surface area contributed by atoms with Gasteiger partial charge in [-0.25, -0.2) is 8.78 Å². The van der Waals surface area contributed by atoms with Gasteiger partial charge < -0.3 is 4.90 Å². The molecule has 0 spiro atoms. The van der Waals surface area contributed by atoms with Crippen LogP contribution in [0.25, 0.3) is 0 Å². The summed E-state index contributed by atoms with van der Waals surface area (Å²) in [5.74, 6) is -0.829. The molecule has 126 valence electrons. The third-order valence-electron chi connectivity index (χ3n) is 4.20. The van der Waals surface area contributed by atoms with Crippen LogP contribution in [0.15, 0.2) is 42.5 Å². The van der Waals surface area contributed by atoms with Crippen LogP contribution in [0, 0.1) is 21.7 Å². The summed E-state index contributed by atoms with van der Waals surface area (Å²) in [6.45, 7) is 3.26. The molecule has 1 aliphatic rings. The van der Waals surface area contributed by atoms with E-state index in [9.17, 15) is 18.9 Å². The second-order valence-corrected chi connectivity index (χ2v) is 5.77. The molecule has 0 bridgehead atoms. The van der Waals surface area contributed by atoms with Crippen molar-refractivity contribution >= 4 is 11.4 Å². The van der Waals surface area contributed by atoms with Crippen molar-refractivity contribution in [3.8, 4) is 0 Å². The van der Waals surface area contributed by atoms with Crippen LogP contribution in [0.3, 0.4) is 0 Å². The molecule has 1 heterocycles. The fourth-order valence-electron chi connectivity index (χ4n) is 2.85. The number of hydrogen-bond donors (Lipinski definition) is 0. The molecule has 0 saturated carbocycles. The Balaban J connectivity index is 1.59. The van der Waals surface area contributed by atoms with Crippen molar-refractivity contribution in [2.75, 3.05) is 31.1 Å². The minimum Gasteiger partial charge on any atom is -0.369 e. The Morgan fingerprint density at radius 1 is 1.00 bits per heavy atom. The lowest BCUT2D eigenvalue weighted by Crippen LogP contribution is -2.46. The molecule has 7 heteroatoms. The average Bonchev–Trinajstić information content (AvgIpc) is 2.59. The number of nitro benzene ring substituents is 1. The Morgan fingerprint density at radius 2 is 1.67 bits per heavy atom. The van der Waals surface area contributed by atoms with Gasteiger partial charge in [0.25, 0.3) is 5.69 Å². The molecule has 2 aromatic carbocycles. The van der Waals surface area contributed by atoms with Crippen molar-refractivity contribution < 1.29 is 13.7 Å². The second-order valence-electron chi connectivity index (χ2n) is 5.77. The topological polar surface area (TPSA) is 49.6 Å². The number of nitrogens with zero attached hydrogens (tertiary/aromatic N) is 3. The van der Waals surface area contributed by atoms with E-state index in [-0.39, 0.29) is 5.69 Å². The molecule has 1 saturated heterocycles. The zero-order chi connectivity index (χ0) is 17.1. The highest BCUT2D eigenvalue weighted by atomic mass is 19.1. The molecule has 0 unspecified atom stereocenters. The first-order chi connectivity index (χ1) is 11.5. The van der Waals surface area contributed by atoms with Crippen LogP contribution in [0.1, 0.15) is 5.56 Å². The standard InChI is InChI=1S/C17H17F2N3O2/c18-14-1-6-17(19)13(11-14)12-20-7-9-21(10-8-20)15-2-4-16(5-3-15)22(23)24/h1-6,11H,7-10,12H2. The lowest BCUT2D eigenvalue weighted by Gasteiger charge is -2.36. The Labute approximate surface area is 138 Å². The van der Waals surface area contributed by atoms with Gasteiger partial charge in [0.2, 0.25) is 0 Å². The summed E-state index contributed by atoms with van der Waals surface area (Å²) in [6, 6.07) is 9.95. The summed E-state index contributed by atoms with van der Waals surface area (Å²) in [5.41, 5.74) is 1.36. The van der Waals surface area contributed by atoms with Gasteiger partial charge in [0.05, 0.1) is 4.92 Å². The predicted octanol–water partition coefficient (Wildman–Crippen LogP) is 3.20. The number of nitro groups is 1. The first-order valence-corrected chi connectivity index (χ1v) is 7.68. The zero-order valence-electron chi connectivity index (χ0n) is 13.0. The van der Waals surface area contributed by atoms with Crippen LogP contribution in [0.5, 0.6) is 0 Å². The monoisotopic (exact) mass is 333 g/mol. The first kappa shape index (κ1) is 16.3. The predicted molar refractivity (Wildman–Crippen MR) is 86.9 cm³/mol. The lowest BCUT2D eigenvalue weighted by molar-refractivity contribution is -0.384. The molecule has 0 atom stereocenters. The van der Waals surface area contributed by atoms with Crippen molar-refractivity contribution in [1.29, 1.82) is 0 Å². The lowest BCUT2D eigenvalue weighted by atomic mass is 10.1. The van der Waals surface area contributed by atoms with Gasteiger partial charge in [-0.05, 0) is 30.3 Å². The smallest absolute Gasteiger partial charge is 0.269 e. The molecule has 0 radical (unpaired) electrons. The molecule has 1 aliphatic heterocycles. The summed E-state index contributed by atoms with van der Waals surface area (Å²) >= 11 is 0. The van der Waals surface area contributed by atoms with Crippen LogP contribution in [0.4, 0.5) is 20.2 Å². The van der Waals surface area contributed by atoms with E-state index < -0.39 is 16.6 Å². The van der Waals surface area contributed by atoms with E-state index in [2.05, 4.69) is 9.80 Å². The Bertz CT molecular complexity index is 729. The van der Waals surface area contributed by atoms with Gasteiger partial charge in [-0.2, -0.15) is 0 Å². The molecule has 0 aromatic heterocycles. The van der Waals surface area contributed by atoms with Crippen molar-refractivity contribution in [2.24, 2.45) is 0 Å². The average molecular weight is 333 g/mol. The summed E-state index contributed by atoms with van der Waals surface area (Å²) in [4.78, 5) is 14.5. The summed E-state index contributed by atoms with van der Waals surface area (Å²) in [7, 11) is 0. The number of hydrogen-bond acceptors (Lipinski definition) is 4. The Kier molecular flexibility index (Phi) is 4.71. The van der Waals surface area contributed by atoms with E-state index in [1.54, 1.807) is 12.1 Å². The minimum atomic E-state index is -0.434. The maximum Gasteiger partial charge on any atom is 0.269 e. The quantitative estimate of drug-likeness (QED) is 0.637. The fraction of sp³-hybridized carbons (Fsp3) is 0.294. The van der Waals surface area contributed by atoms with E-state index in [4.69, 9.17) is 0 Å². The largest absolute Gasteiger partial charge is 0.369 e. The number of non-ortho nitro benzene ring substituents is 1. The zero-order valence-corrected chi connectivity index (χ0v) is 13.0. The summed E-state index contributed by atoms with van der Waals surface area (Å²) in [5, 5.41) is 10.7. The number of anilines is 1. The number of rotatable bonds is 4. The van der Waals surface area contributed by atoms with Crippen molar-refractivity contribution in [1.82, 2.24) is 4.90 Å². The van der Waals surface area contributed by atoms with Crippen molar-refractivity contribution in [2.45, 2.75) is 6.54 Å². The van der Waals surface area contributed by atoms with Crippen molar-refractivity contribution in [3.05, 3.63) is 69.8 Å². The second kappa shape index (κ2) is 6.92. The highest BCUT2D eigenvalue weighted by Gasteiger charge is 2.19. The molecule has 1 fully saturated rings. The van der Waals surface area contributed by atoms with Crippen LogP contribution < -0.4 is 4.90 Å². The van der Waals surface area contributed by atoms with Gasteiger partial charge in [-0.3, -0.25) is 15.0 Å². The van der Waals surface area contributed by atoms with Crippen molar-refractivity contribution in [3.63, 3.8) is 0 Å². The van der Waals surface area contributed by atoms with E-state index in [1.165, 1.54) is 18.2 Å². The number of halogens is 2. The normalized spacial score (nSPS) is 15.5. The van der Waals surface area contributed by atoms with Crippen LogP contribution >= 0.6 is 0 Å². The molecule has 5 nitrogen and oxygen atoms in total.